The molecule has 0 heterocycles. The highest BCUT2D eigenvalue weighted by Gasteiger charge is 2.17. The highest BCUT2D eigenvalue weighted by atomic mass is 19.1. The van der Waals surface area contributed by atoms with Crippen molar-refractivity contribution in [3.63, 3.8) is 0 Å². The van der Waals surface area contributed by atoms with Crippen LogP contribution in [0.3, 0.4) is 0 Å². The van der Waals surface area contributed by atoms with Crippen LogP contribution in [0.2, 0.25) is 0 Å². The van der Waals surface area contributed by atoms with Crippen molar-refractivity contribution >= 4 is 0 Å². The molecule has 21 heavy (non-hydrogen) atoms. The zero-order chi connectivity index (χ0) is 15.4. The van der Waals surface area contributed by atoms with Gasteiger partial charge in [-0.2, -0.15) is 0 Å². The van der Waals surface area contributed by atoms with E-state index in [1.165, 1.54) is 18.2 Å². The standard InChI is InChI=1S/C18H21F2N/c1-4-7-21-18(14-8-12(2)9-16(20)11-14)17-6-5-15(19)10-13(17)3/h5-6,8-11,18,21H,4,7H2,1-3H3. The molecule has 2 rings (SSSR count). The average Bonchev–Trinajstić information content (AvgIpc) is 2.40. The Bertz CT molecular complexity index is 602. The summed E-state index contributed by atoms with van der Waals surface area (Å²) in [5.41, 5.74) is 3.60. The van der Waals surface area contributed by atoms with Crippen LogP contribution in [-0.4, -0.2) is 6.54 Å². The summed E-state index contributed by atoms with van der Waals surface area (Å²) in [6, 6.07) is 9.65. The monoisotopic (exact) mass is 289 g/mol. The van der Waals surface area contributed by atoms with Gasteiger partial charge >= 0.3 is 0 Å². The summed E-state index contributed by atoms with van der Waals surface area (Å²) < 4.78 is 27.0. The molecule has 0 aliphatic carbocycles. The second-order valence-corrected chi connectivity index (χ2v) is 5.45. The summed E-state index contributed by atoms with van der Waals surface area (Å²) in [4.78, 5) is 0. The summed E-state index contributed by atoms with van der Waals surface area (Å²) in [7, 11) is 0. The number of nitrogens with one attached hydrogen (secondary N) is 1. The van der Waals surface area contributed by atoms with E-state index in [4.69, 9.17) is 0 Å². The second kappa shape index (κ2) is 6.81. The lowest BCUT2D eigenvalue weighted by Crippen LogP contribution is -2.24. The Morgan fingerprint density at radius 2 is 1.76 bits per heavy atom. The minimum Gasteiger partial charge on any atom is -0.306 e. The molecule has 1 unspecified atom stereocenters. The molecule has 0 saturated heterocycles. The summed E-state index contributed by atoms with van der Waals surface area (Å²) in [6.45, 7) is 6.65. The Balaban J connectivity index is 2.46. The third-order valence-electron chi connectivity index (χ3n) is 3.54. The van der Waals surface area contributed by atoms with E-state index in [0.29, 0.717) is 0 Å². The predicted octanol–water partition coefficient (Wildman–Crippen LogP) is 4.67. The second-order valence-electron chi connectivity index (χ2n) is 5.45. The molecule has 2 aromatic carbocycles. The molecule has 112 valence electrons. The van der Waals surface area contributed by atoms with Gasteiger partial charge in [0.1, 0.15) is 11.6 Å². The molecule has 0 saturated carbocycles. The third-order valence-corrected chi connectivity index (χ3v) is 3.54. The van der Waals surface area contributed by atoms with Crippen LogP contribution < -0.4 is 5.32 Å². The lowest BCUT2D eigenvalue weighted by Gasteiger charge is -2.22. The molecule has 0 bridgehead atoms. The molecule has 0 radical (unpaired) electrons. The molecule has 1 N–H and O–H groups in total. The van der Waals surface area contributed by atoms with Crippen molar-refractivity contribution < 1.29 is 8.78 Å². The fourth-order valence-corrected chi connectivity index (χ4v) is 2.59. The van der Waals surface area contributed by atoms with Crippen LogP contribution in [0.4, 0.5) is 8.78 Å². The molecule has 0 spiro atoms. The van der Waals surface area contributed by atoms with Gasteiger partial charge in [-0.1, -0.05) is 19.1 Å². The fraction of sp³-hybridized carbons (Fsp3) is 0.333. The molecular formula is C18H21F2N. The van der Waals surface area contributed by atoms with E-state index >= 15 is 0 Å². The van der Waals surface area contributed by atoms with Gasteiger partial charge in [0.25, 0.3) is 0 Å². The highest BCUT2D eigenvalue weighted by molar-refractivity contribution is 5.38. The summed E-state index contributed by atoms with van der Waals surface area (Å²) in [6.07, 6.45) is 0.977. The number of aryl methyl sites for hydroxylation is 2. The SMILES string of the molecule is CCCNC(c1cc(C)cc(F)c1)c1ccc(F)cc1C. The number of hydrogen-bond acceptors (Lipinski definition) is 1. The largest absolute Gasteiger partial charge is 0.306 e. The van der Waals surface area contributed by atoms with Gasteiger partial charge in [0.05, 0.1) is 6.04 Å². The van der Waals surface area contributed by atoms with Gasteiger partial charge in [0.2, 0.25) is 0 Å². The third kappa shape index (κ3) is 3.88. The van der Waals surface area contributed by atoms with Gasteiger partial charge < -0.3 is 5.32 Å². The van der Waals surface area contributed by atoms with E-state index in [-0.39, 0.29) is 17.7 Å². The van der Waals surface area contributed by atoms with Crippen molar-refractivity contribution in [3.8, 4) is 0 Å². The van der Waals surface area contributed by atoms with E-state index in [0.717, 1.165) is 35.2 Å². The molecule has 0 fully saturated rings. The molecule has 1 atom stereocenters. The Morgan fingerprint density at radius 3 is 2.38 bits per heavy atom. The summed E-state index contributed by atoms with van der Waals surface area (Å²) in [5, 5.41) is 3.43. The van der Waals surface area contributed by atoms with Crippen LogP contribution in [0.1, 0.15) is 41.6 Å². The molecule has 0 amide bonds. The normalized spacial score (nSPS) is 12.4. The highest BCUT2D eigenvalue weighted by Crippen LogP contribution is 2.27. The maximum absolute atomic E-state index is 13.7. The Hall–Kier alpha value is -1.74. The lowest BCUT2D eigenvalue weighted by molar-refractivity contribution is 0.579. The van der Waals surface area contributed by atoms with E-state index in [9.17, 15) is 8.78 Å². The van der Waals surface area contributed by atoms with E-state index < -0.39 is 0 Å². The van der Waals surface area contributed by atoms with Crippen LogP contribution in [-0.2, 0) is 0 Å². The molecule has 0 aliphatic rings. The smallest absolute Gasteiger partial charge is 0.123 e. The Morgan fingerprint density at radius 1 is 1.00 bits per heavy atom. The van der Waals surface area contributed by atoms with Gasteiger partial charge in [0.15, 0.2) is 0 Å². The van der Waals surface area contributed by atoms with E-state index in [1.807, 2.05) is 19.9 Å². The number of rotatable bonds is 5. The molecule has 0 aromatic heterocycles. The fourth-order valence-electron chi connectivity index (χ4n) is 2.59. The van der Waals surface area contributed by atoms with Crippen molar-refractivity contribution in [2.45, 2.75) is 33.2 Å². The summed E-state index contributed by atoms with van der Waals surface area (Å²) in [5.74, 6) is -0.492. The average molecular weight is 289 g/mol. The van der Waals surface area contributed by atoms with Crippen LogP contribution >= 0.6 is 0 Å². The number of halogens is 2. The van der Waals surface area contributed by atoms with Gasteiger partial charge in [-0.25, -0.2) is 8.78 Å². The van der Waals surface area contributed by atoms with Crippen LogP contribution in [0.25, 0.3) is 0 Å². The van der Waals surface area contributed by atoms with Gasteiger partial charge in [0, 0.05) is 0 Å². The van der Waals surface area contributed by atoms with Gasteiger partial charge in [-0.05, 0) is 73.3 Å². The van der Waals surface area contributed by atoms with Crippen LogP contribution in [0.15, 0.2) is 36.4 Å². The minimum absolute atomic E-state index is 0.125. The molecule has 1 nitrogen and oxygen atoms in total. The van der Waals surface area contributed by atoms with Crippen molar-refractivity contribution in [2.24, 2.45) is 0 Å². The predicted molar refractivity (Wildman–Crippen MR) is 82.4 cm³/mol. The Labute approximate surface area is 125 Å². The van der Waals surface area contributed by atoms with Gasteiger partial charge in [-0.15, -0.1) is 0 Å². The van der Waals surface area contributed by atoms with Crippen molar-refractivity contribution in [1.29, 1.82) is 0 Å². The lowest BCUT2D eigenvalue weighted by atomic mass is 9.93. The molecule has 0 aliphatic heterocycles. The van der Waals surface area contributed by atoms with E-state index in [2.05, 4.69) is 12.2 Å². The number of benzene rings is 2. The van der Waals surface area contributed by atoms with Crippen LogP contribution in [0.5, 0.6) is 0 Å². The summed E-state index contributed by atoms with van der Waals surface area (Å²) >= 11 is 0. The Kier molecular flexibility index (Phi) is 5.07. The van der Waals surface area contributed by atoms with Crippen LogP contribution in [0, 0.1) is 25.5 Å². The quantitative estimate of drug-likeness (QED) is 0.843. The maximum Gasteiger partial charge on any atom is 0.123 e. The zero-order valence-corrected chi connectivity index (χ0v) is 12.7. The first-order valence-corrected chi connectivity index (χ1v) is 7.27. The van der Waals surface area contributed by atoms with Crippen molar-refractivity contribution in [1.82, 2.24) is 5.32 Å². The van der Waals surface area contributed by atoms with E-state index in [1.54, 1.807) is 12.1 Å². The minimum atomic E-state index is -0.249. The molecule has 2 aromatic rings. The first-order valence-electron chi connectivity index (χ1n) is 7.27. The molecular weight excluding hydrogens is 268 g/mol. The topological polar surface area (TPSA) is 12.0 Å². The zero-order valence-electron chi connectivity index (χ0n) is 12.7. The van der Waals surface area contributed by atoms with Gasteiger partial charge in [-0.3, -0.25) is 0 Å². The van der Waals surface area contributed by atoms with Crippen molar-refractivity contribution in [2.75, 3.05) is 6.54 Å². The first-order chi connectivity index (χ1) is 10.0. The van der Waals surface area contributed by atoms with Crippen molar-refractivity contribution in [3.05, 3.63) is 70.3 Å². The number of hydrogen-bond donors (Lipinski definition) is 1. The maximum atomic E-state index is 13.7. The first kappa shape index (κ1) is 15.6. The molecule has 3 heteroatoms.